The highest BCUT2D eigenvalue weighted by atomic mass is 127. The highest BCUT2D eigenvalue weighted by molar-refractivity contribution is 14.0. The van der Waals surface area contributed by atoms with Gasteiger partial charge in [0.1, 0.15) is 0 Å². The number of aliphatic imine (C=N–C) groups is 1. The minimum atomic E-state index is 0. The van der Waals surface area contributed by atoms with Gasteiger partial charge in [0.15, 0.2) is 5.96 Å². The Labute approximate surface area is 143 Å². The van der Waals surface area contributed by atoms with Crippen molar-refractivity contribution in [1.82, 2.24) is 10.2 Å². The molecule has 1 unspecified atom stereocenters. The van der Waals surface area contributed by atoms with Gasteiger partial charge in [-0.1, -0.05) is 0 Å². The Morgan fingerprint density at radius 1 is 1.45 bits per heavy atom. The van der Waals surface area contributed by atoms with Crippen LogP contribution >= 0.6 is 35.7 Å². The van der Waals surface area contributed by atoms with Crippen LogP contribution in [0.1, 0.15) is 20.3 Å². The maximum Gasteiger partial charge on any atom is 0.188 e. The molecular formula is C13H27IN4OS. The maximum atomic E-state index is 5.93. The largest absolute Gasteiger partial charge is 0.379 e. The van der Waals surface area contributed by atoms with Gasteiger partial charge in [-0.3, -0.25) is 9.89 Å². The molecule has 2 fully saturated rings. The highest BCUT2D eigenvalue weighted by Gasteiger charge is 2.40. The third-order valence-corrected chi connectivity index (χ3v) is 4.98. The predicted octanol–water partition coefficient (Wildman–Crippen LogP) is 1.12. The molecule has 0 saturated carbocycles. The third-order valence-electron chi connectivity index (χ3n) is 3.74. The van der Waals surface area contributed by atoms with Gasteiger partial charge >= 0.3 is 0 Å². The molecule has 2 saturated heterocycles. The molecule has 0 aliphatic carbocycles. The lowest BCUT2D eigenvalue weighted by Gasteiger charge is -2.42. The second-order valence-corrected chi connectivity index (χ2v) is 6.73. The highest BCUT2D eigenvalue weighted by Crippen LogP contribution is 2.34. The molecule has 2 aliphatic rings. The molecule has 3 N–H and O–H groups in total. The van der Waals surface area contributed by atoms with Crippen molar-refractivity contribution < 1.29 is 4.74 Å². The second-order valence-electron chi connectivity index (χ2n) is 5.63. The molecule has 0 bridgehead atoms. The normalized spacial score (nSPS) is 28.4. The molecule has 2 aliphatic heterocycles. The van der Waals surface area contributed by atoms with E-state index in [9.17, 15) is 0 Å². The molecule has 2 rings (SSSR count). The minimum absolute atomic E-state index is 0. The molecule has 7 heteroatoms. The fraction of sp³-hybridized carbons (Fsp3) is 0.923. The van der Waals surface area contributed by atoms with Crippen LogP contribution in [0.3, 0.4) is 0 Å². The first kappa shape index (κ1) is 18.3. The number of hydrogen-bond donors (Lipinski definition) is 2. The number of guanidine groups is 1. The molecule has 0 spiro atoms. The number of halogens is 1. The van der Waals surface area contributed by atoms with Crippen molar-refractivity contribution in [3.8, 4) is 0 Å². The summed E-state index contributed by atoms with van der Waals surface area (Å²) in [6.07, 6.45) is 1.20. The molecule has 118 valence electrons. The number of rotatable bonds is 4. The van der Waals surface area contributed by atoms with Crippen LogP contribution in [-0.2, 0) is 4.74 Å². The van der Waals surface area contributed by atoms with Gasteiger partial charge < -0.3 is 15.8 Å². The van der Waals surface area contributed by atoms with E-state index in [1.54, 1.807) is 0 Å². The number of hydrogen-bond acceptors (Lipinski definition) is 4. The number of nitrogens with zero attached hydrogens (tertiary/aromatic N) is 2. The first-order chi connectivity index (χ1) is 9.12. The van der Waals surface area contributed by atoms with E-state index in [1.165, 1.54) is 12.2 Å². The summed E-state index contributed by atoms with van der Waals surface area (Å²) in [5, 5.41) is 3.16. The average Bonchev–Trinajstić information content (AvgIpc) is 2.87. The Bertz CT molecular complexity index is 315. The van der Waals surface area contributed by atoms with Crippen molar-refractivity contribution in [1.29, 1.82) is 0 Å². The van der Waals surface area contributed by atoms with Gasteiger partial charge in [-0.15, -0.1) is 24.0 Å². The van der Waals surface area contributed by atoms with E-state index in [-0.39, 0.29) is 29.5 Å². The summed E-state index contributed by atoms with van der Waals surface area (Å²) in [5.41, 5.74) is 6.12. The smallest absolute Gasteiger partial charge is 0.188 e. The van der Waals surface area contributed by atoms with Crippen LogP contribution in [0.2, 0.25) is 0 Å². The van der Waals surface area contributed by atoms with Gasteiger partial charge in [0.05, 0.1) is 25.3 Å². The van der Waals surface area contributed by atoms with Crippen molar-refractivity contribution in [2.75, 3.05) is 44.4 Å². The van der Waals surface area contributed by atoms with Gasteiger partial charge in [-0.2, -0.15) is 11.8 Å². The van der Waals surface area contributed by atoms with E-state index >= 15 is 0 Å². The second kappa shape index (κ2) is 8.65. The van der Waals surface area contributed by atoms with Crippen LogP contribution in [0.25, 0.3) is 0 Å². The maximum absolute atomic E-state index is 5.93. The van der Waals surface area contributed by atoms with Crippen LogP contribution in [0.5, 0.6) is 0 Å². The van der Waals surface area contributed by atoms with Crippen molar-refractivity contribution in [2.45, 2.75) is 31.8 Å². The first-order valence-corrected chi connectivity index (χ1v) is 8.25. The summed E-state index contributed by atoms with van der Waals surface area (Å²) in [7, 11) is 0. The Morgan fingerprint density at radius 2 is 2.15 bits per heavy atom. The van der Waals surface area contributed by atoms with Crippen LogP contribution in [-0.4, -0.2) is 66.8 Å². The number of nitrogens with two attached hydrogens (primary N) is 1. The van der Waals surface area contributed by atoms with Crippen LogP contribution in [0.4, 0.5) is 0 Å². The molecule has 0 aromatic heterocycles. The van der Waals surface area contributed by atoms with Gasteiger partial charge in [-0.25, -0.2) is 0 Å². The number of ether oxygens (including phenoxy) is 1. The van der Waals surface area contributed by atoms with Crippen LogP contribution in [0, 0.1) is 0 Å². The Hall–Kier alpha value is 0.270. The Morgan fingerprint density at radius 3 is 2.70 bits per heavy atom. The first-order valence-electron chi connectivity index (χ1n) is 7.09. The lowest BCUT2D eigenvalue weighted by atomic mass is 9.96. The van der Waals surface area contributed by atoms with E-state index in [0.29, 0.717) is 12.0 Å². The van der Waals surface area contributed by atoms with Gasteiger partial charge in [0.2, 0.25) is 0 Å². The van der Waals surface area contributed by atoms with Crippen LogP contribution in [0.15, 0.2) is 4.99 Å². The molecular weight excluding hydrogens is 387 g/mol. The van der Waals surface area contributed by atoms with Gasteiger partial charge in [0.25, 0.3) is 0 Å². The van der Waals surface area contributed by atoms with E-state index in [1.807, 2.05) is 11.8 Å². The monoisotopic (exact) mass is 414 g/mol. The molecule has 0 radical (unpaired) electrons. The van der Waals surface area contributed by atoms with Gasteiger partial charge in [0, 0.05) is 24.9 Å². The summed E-state index contributed by atoms with van der Waals surface area (Å²) >= 11 is 2.03. The summed E-state index contributed by atoms with van der Waals surface area (Å²) in [4.78, 5) is 7.14. The molecule has 0 amide bonds. The van der Waals surface area contributed by atoms with E-state index in [4.69, 9.17) is 10.5 Å². The third kappa shape index (κ3) is 4.92. The summed E-state index contributed by atoms with van der Waals surface area (Å²) in [6.45, 7) is 8.68. The molecule has 0 aromatic carbocycles. The zero-order chi connectivity index (χ0) is 13.7. The molecule has 20 heavy (non-hydrogen) atoms. The van der Waals surface area contributed by atoms with E-state index < -0.39 is 0 Å². The average molecular weight is 414 g/mol. The van der Waals surface area contributed by atoms with Crippen molar-refractivity contribution in [3.63, 3.8) is 0 Å². The zero-order valence-electron chi connectivity index (χ0n) is 12.4. The van der Waals surface area contributed by atoms with Crippen molar-refractivity contribution >= 4 is 41.7 Å². The SMILES string of the molecule is CC(C)NC(N)=NCC1(N2CCOCC2)CCSC1.I. The van der Waals surface area contributed by atoms with Gasteiger partial charge in [-0.05, 0) is 26.0 Å². The summed E-state index contributed by atoms with van der Waals surface area (Å²) < 4.78 is 5.46. The Balaban J connectivity index is 0.00000200. The number of thioether (sulfide) groups is 1. The standard InChI is InChI=1S/C13H26N4OS.HI/c1-11(2)16-12(14)15-9-13(3-8-19-10-13)17-4-6-18-7-5-17;/h11H,3-10H2,1-2H3,(H3,14,15,16);1H. The molecule has 5 nitrogen and oxygen atoms in total. The van der Waals surface area contributed by atoms with Crippen molar-refractivity contribution in [2.24, 2.45) is 10.7 Å². The summed E-state index contributed by atoms with van der Waals surface area (Å²) in [6, 6.07) is 0.334. The molecule has 1 atom stereocenters. The Kier molecular flexibility index (Phi) is 7.92. The number of morpholine rings is 1. The topological polar surface area (TPSA) is 62.9 Å². The zero-order valence-corrected chi connectivity index (χ0v) is 15.6. The molecule has 0 aromatic rings. The summed E-state index contributed by atoms with van der Waals surface area (Å²) in [5.74, 6) is 2.95. The lowest BCUT2D eigenvalue weighted by Crippen LogP contribution is -2.56. The van der Waals surface area contributed by atoms with Crippen molar-refractivity contribution in [3.05, 3.63) is 0 Å². The fourth-order valence-corrected chi connectivity index (χ4v) is 4.15. The minimum Gasteiger partial charge on any atom is -0.379 e. The quantitative estimate of drug-likeness (QED) is 0.410. The number of nitrogens with one attached hydrogen (secondary N) is 1. The molecule has 2 heterocycles. The lowest BCUT2D eigenvalue weighted by molar-refractivity contribution is -0.0104. The van der Waals surface area contributed by atoms with Crippen LogP contribution < -0.4 is 11.1 Å². The van der Waals surface area contributed by atoms with E-state index in [0.717, 1.165) is 38.6 Å². The predicted molar refractivity (Wildman–Crippen MR) is 97.2 cm³/mol. The van der Waals surface area contributed by atoms with E-state index in [2.05, 4.69) is 29.1 Å². The fourth-order valence-electron chi connectivity index (χ4n) is 2.68.